The fourth-order valence-electron chi connectivity index (χ4n) is 2.41. The van der Waals surface area contributed by atoms with Gasteiger partial charge in [-0.25, -0.2) is 4.39 Å². The summed E-state index contributed by atoms with van der Waals surface area (Å²) in [6, 6.07) is 5.03. The second-order valence-corrected chi connectivity index (χ2v) is 4.92. The number of halogens is 1. The van der Waals surface area contributed by atoms with E-state index in [9.17, 15) is 4.39 Å². The Morgan fingerprint density at radius 2 is 2.35 bits per heavy atom. The average Bonchev–Trinajstić information content (AvgIpc) is 2.34. The molecule has 0 spiro atoms. The minimum atomic E-state index is -0.180. The van der Waals surface area contributed by atoms with Crippen molar-refractivity contribution in [2.24, 2.45) is 11.7 Å². The molecule has 3 heteroatoms. The van der Waals surface area contributed by atoms with Gasteiger partial charge in [0.05, 0.1) is 6.61 Å². The van der Waals surface area contributed by atoms with Gasteiger partial charge in [0, 0.05) is 12.6 Å². The van der Waals surface area contributed by atoms with Crippen molar-refractivity contribution in [2.45, 2.75) is 32.2 Å². The van der Waals surface area contributed by atoms with E-state index in [1.165, 1.54) is 6.07 Å². The van der Waals surface area contributed by atoms with E-state index in [4.69, 9.17) is 10.5 Å². The molecule has 1 aromatic rings. The van der Waals surface area contributed by atoms with Crippen LogP contribution in [-0.2, 0) is 11.2 Å². The highest BCUT2D eigenvalue weighted by molar-refractivity contribution is 5.27. The average molecular weight is 237 g/mol. The van der Waals surface area contributed by atoms with E-state index in [0.717, 1.165) is 43.6 Å². The van der Waals surface area contributed by atoms with Crippen LogP contribution in [0.5, 0.6) is 0 Å². The second kappa shape index (κ2) is 5.61. The van der Waals surface area contributed by atoms with Gasteiger partial charge in [-0.1, -0.05) is 6.07 Å². The Bertz CT molecular complexity index is 374. The predicted octanol–water partition coefficient (Wildman–Crippen LogP) is 2.43. The number of benzene rings is 1. The van der Waals surface area contributed by atoms with Gasteiger partial charge in [0.1, 0.15) is 5.82 Å². The lowest BCUT2D eigenvalue weighted by Gasteiger charge is -2.28. The molecule has 0 radical (unpaired) electrons. The van der Waals surface area contributed by atoms with Crippen molar-refractivity contribution in [1.82, 2.24) is 0 Å². The van der Waals surface area contributed by atoms with Crippen LogP contribution in [0.15, 0.2) is 18.2 Å². The first kappa shape index (κ1) is 12.5. The van der Waals surface area contributed by atoms with Gasteiger partial charge in [0.25, 0.3) is 0 Å². The highest BCUT2D eigenvalue weighted by atomic mass is 19.1. The van der Waals surface area contributed by atoms with Crippen LogP contribution in [0.2, 0.25) is 0 Å². The summed E-state index contributed by atoms with van der Waals surface area (Å²) in [7, 11) is 0. The molecule has 0 aromatic heterocycles. The lowest BCUT2D eigenvalue weighted by atomic mass is 9.89. The summed E-state index contributed by atoms with van der Waals surface area (Å²) >= 11 is 0. The Hall–Kier alpha value is -0.930. The Balaban J connectivity index is 1.99. The Morgan fingerprint density at radius 1 is 1.53 bits per heavy atom. The summed E-state index contributed by atoms with van der Waals surface area (Å²) in [5.41, 5.74) is 8.34. The van der Waals surface area contributed by atoms with Gasteiger partial charge in [-0.05, 0) is 55.4 Å². The summed E-state index contributed by atoms with van der Waals surface area (Å²) < 4.78 is 18.4. The smallest absolute Gasteiger partial charge is 0.123 e. The van der Waals surface area contributed by atoms with Gasteiger partial charge >= 0.3 is 0 Å². The Kier molecular flexibility index (Phi) is 4.13. The maximum Gasteiger partial charge on any atom is 0.123 e. The summed E-state index contributed by atoms with van der Waals surface area (Å²) in [6.07, 6.45) is 3.04. The summed E-state index contributed by atoms with van der Waals surface area (Å²) in [5.74, 6) is 0.258. The van der Waals surface area contributed by atoms with Crippen molar-refractivity contribution >= 4 is 0 Å². The van der Waals surface area contributed by atoms with E-state index in [0.29, 0.717) is 5.92 Å². The normalized spacial score (nSPS) is 22.4. The summed E-state index contributed by atoms with van der Waals surface area (Å²) in [4.78, 5) is 0. The van der Waals surface area contributed by atoms with Crippen molar-refractivity contribution < 1.29 is 9.13 Å². The Morgan fingerprint density at radius 3 is 3.00 bits per heavy atom. The number of ether oxygens (including phenoxy) is 1. The molecule has 2 atom stereocenters. The van der Waals surface area contributed by atoms with E-state index in [1.807, 2.05) is 13.0 Å². The molecule has 1 aliphatic rings. The van der Waals surface area contributed by atoms with Crippen LogP contribution in [-0.4, -0.2) is 19.3 Å². The quantitative estimate of drug-likeness (QED) is 0.876. The van der Waals surface area contributed by atoms with Crippen molar-refractivity contribution in [2.75, 3.05) is 13.2 Å². The minimum Gasteiger partial charge on any atom is -0.381 e. The number of rotatable bonds is 3. The zero-order valence-electron chi connectivity index (χ0n) is 10.3. The van der Waals surface area contributed by atoms with Crippen molar-refractivity contribution in [1.29, 1.82) is 0 Å². The first-order valence-electron chi connectivity index (χ1n) is 6.25. The van der Waals surface area contributed by atoms with Crippen LogP contribution in [0.3, 0.4) is 0 Å². The van der Waals surface area contributed by atoms with E-state index in [1.54, 1.807) is 6.07 Å². The molecule has 0 aliphatic carbocycles. The zero-order valence-corrected chi connectivity index (χ0v) is 10.3. The maximum atomic E-state index is 13.0. The van der Waals surface area contributed by atoms with Crippen LogP contribution in [0.4, 0.5) is 4.39 Å². The van der Waals surface area contributed by atoms with E-state index >= 15 is 0 Å². The van der Waals surface area contributed by atoms with Crippen LogP contribution in [0.25, 0.3) is 0 Å². The molecule has 17 heavy (non-hydrogen) atoms. The van der Waals surface area contributed by atoms with Gasteiger partial charge < -0.3 is 10.5 Å². The molecule has 2 rings (SSSR count). The van der Waals surface area contributed by atoms with Gasteiger partial charge in [-0.3, -0.25) is 0 Å². The SMILES string of the molecule is Cc1cc(F)ccc1CC(N)C1CCCOC1. The van der Waals surface area contributed by atoms with Crippen LogP contribution < -0.4 is 5.73 Å². The molecule has 0 saturated carbocycles. The van der Waals surface area contributed by atoms with Crippen molar-refractivity contribution in [3.63, 3.8) is 0 Å². The van der Waals surface area contributed by atoms with Gasteiger partial charge in [0.15, 0.2) is 0 Å². The van der Waals surface area contributed by atoms with Crippen LogP contribution in [0, 0.1) is 18.7 Å². The molecule has 2 nitrogen and oxygen atoms in total. The fraction of sp³-hybridized carbons (Fsp3) is 0.571. The summed E-state index contributed by atoms with van der Waals surface area (Å²) in [5, 5.41) is 0. The molecule has 1 aromatic carbocycles. The topological polar surface area (TPSA) is 35.2 Å². The van der Waals surface area contributed by atoms with Crippen molar-refractivity contribution in [3.8, 4) is 0 Å². The predicted molar refractivity (Wildman–Crippen MR) is 66.4 cm³/mol. The lowest BCUT2D eigenvalue weighted by Crippen LogP contribution is -2.37. The number of nitrogens with two attached hydrogens (primary N) is 1. The molecule has 0 amide bonds. The molecule has 1 fully saturated rings. The molecule has 1 heterocycles. The highest BCUT2D eigenvalue weighted by Crippen LogP contribution is 2.20. The highest BCUT2D eigenvalue weighted by Gasteiger charge is 2.21. The third kappa shape index (κ3) is 3.27. The largest absolute Gasteiger partial charge is 0.381 e. The van der Waals surface area contributed by atoms with Crippen LogP contribution in [0.1, 0.15) is 24.0 Å². The summed E-state index contributed by atoms with van der Waals surface area (Å²) in [6.45, 7) is 3.56. The second-order valence-electron chi connectivity index (χ2n) is 4.92. The van der Waals surface area contributed by atoms with Gasteiger partial charge in [-0.15, -0.1) is 0 Å². The molecule has 2 N–H and O–H groups in total. The first-order chi connectivity index (χ1) is 8.16. The third-order valence-electron chi connectivity index (χ3n) is 3.56. The molecule has 94 valence electrons. The van der Waals surface area contributed by atoms with Crippen molar-refractivity contribution in [3.05, 3.63) is 35.1 Å². The standard InChI is InChI=1S/C14H20FNO/c1-10-7-13(15)5-4-11(10)8-14(16)12-3-2-6-17-9-12/h4-5,7,12,14H,2-3,6,8-9,16H2,1H3. The van der Waals surface area contributed by atoms with Crippen LogP contribution >= 0.6 is 0 Å². The molecule has 0 bridgehead atoms. The maximum absolute atomic E-state index is 13.0. The number of aryl methyl sites for hydroxylation is 1. The molecule has 1 aliphatic heterocycles. The van der Waals surface area contributed by atoms with Gasteiger partial charge in [-0.2, -0.15) is 0 Å². The number of hydrogen-bond acceptors (Lipinski definition) is 2. The van der Waals surface area contributed by atoms with Gasteiger partial charge in [0.2, 0.25) is 0 Å². The Labute approximate surface area is 102 Å². The van der Waals surface area contributed by atoms with E-state index in [2.05, 4.69) is 0 Å². The monoisotopic (exact) mass is 237 g/mol. The molecule has 2 unspecified atom stereocenters. The fourth-order valence-corrected chi connectivity index (χ4v) is 2.41. The number of hydrogen-bond donors (Lipinski definition) is 1. The van der Waals surface area contributed by atoms with E-state index < -0.39 is 0 Å². The van der Waals surface area contributed by atoms with E-state index in [-0.39, 0.29) is 11.9 Å². The molecular formula is C14H20FNO. The lowest BCUT2D eigenvalue weighted by molar-refractivity contribution is 0.0450. The molecular weight excluding hydrogens is 217 g/mol. The minimum absolute atomic E-state index is 0.111. The zero-order chi connectivity index (χ0) is 12.3. The molecule has 1 saturated heterocycles. The first-order valence-corrected chi connectivity index (χ1v) is 6.25. The third-order valence-corrected chi connectivity index (χ3v) is 3.56.